The number of hydrogen-bond acceptors (Lipinski definition) is 4. The van der Waals surface area contributed by atoms with Crippen molar-refractivity contribution in [3.63, 3.8) is 0 Å². The van der Waals surface area contributed by atoms with Gasteiger partial charge in [0.2, 0.25) is 0 Å². The number of aromatic nitrogens is 3. The molecule has 102 valence electrons. The molecule has 0 saturated carbocycles. The fourth-order valence-corrected chi connectivity index (χ4v) is 4.41. The lowest BCUT2D eigenvalue weighted by molar-refractivity contribution is 0.464. The van der Waals surface area contributed by atoms with Gasteiger partial charge >= 0.3 is 0 Å². The summed E-state index contributed by atoms with van der Waals surface area (Å²) in [5, 5.41) is 7.95. The zero-order valence-corrected chi connectivity index (χ0v) is 13.3. The van der Waals surface area contributed by atoms with Crippen molar-refractivity contribution in [2.45, 2.75) is 31.7 Å². The van der Waals surface area contributed by atoms with Crippen molar-refractivity contribution in [1.29, 1.82) is 0 Å². The van der Waals surface area contributed by atoms with Crippen LogP contribution in [0.2, 0.25) is 0 Å². The Morgan fingerprint density at radius 3 is 3.26 bits per heavy atom. The molecule has 1 atom stereocenters. The second-order valence-electron chi connectivity index (χ2n) is 4.91. The molecule has 0 spiro atoms. The van der Waals surface area contributed by atoms with Gasteiger partial charge in [0, 0.05) is 30.9 Å². The summed E-state index contributed by atoms with van der Waals surface area (Å²) in [4.78, 5) is 5.79. The number of rotatable bonds is 4. The monoisotopic (exact) mass is 340 g/mol. The summed E-state index contributed by atoms with van der Waals surface area (Å²) in [6.45, 7) is 0.932. The average molecular weight is 341 g/mol. The third-order valence-corrected chi connectivity index (χ3v) is 5.18. The van der Waals surface area contributed by atoms with Crippen molar-refractivity contribution in [2.24, 2.45) is 7.05 Å². The van der Waals surface area contributed by atoms with Crippen molar-refractivity contribution >= 4 is 27.3 Å². The van der Waals surface area contributed by atoms with E-state index in [1.807, 2.05) is 18.4 Å². The minimum atomic E-state index is 0.495. The second-order valence-corrected chi connectivity index (χ2v) is 7.43. The highest BCUT2D eigenvalue weighted by molar-refractivity contribution is 9.11. The van der Waals surface area contributed by atoms with Gasteiger partial charge in [-0.1, -0.05) is 0 Å². The normalized spacial score (nSPS) is 18.5. The number of hydrogen-bond donors (Lipinski definition) is 1. The highest BCUT2D eigenvalue weighted by Crippen LogP contribution is 2.37. The Hall–Kier alpha value is -0.720. The van der Waals surface area contributed by atoms with E-state index in [-0.39, 0.29) is 0 Å². The molecule has 0 bridgehead atoms. The maximum atomic E-state index is 4.30. The molecule has 0 radical (unpaired) electrons. The molecular formula is C13H17BrN4S. The van der Waals surface area contributed by atoms with Crippen molar-refractivity contribution in [2.75, 3.05) is 6.54 Å². The van der Waals surface area contributed by atoms with Crippen LogP contribution in [0, 0.1) is 0 Å². The molecule has 1 unspecified atom stereocenters. The van der Waals surface area contributed by atoms with E-state index in [9.17, 15) is 0 Å². The predicted molar refractivity (Wildman–Crippen MR) is 80.4 cm³/mol. The van der Waals surface area contributed by atoms with E-state index in [2.05, 4.69) is 37.4 Å². The van der Waals surface area contributed by atoms with Crippen molar-refractivity contribution in [3.05, 3.63) is 32.4 Å². The van der Waals surface area contributed by atoms with E-state index >= 15 is 0 Å². The molecule has 1 aliphatic rings. The molecule has 19 heavy (non-hydrogen) atoms. The van der Waals surface area contributed by atoms with Crippen LogP contribution in [0.4, 0.5) is 0 Å². The zero-order valence-electron chi connectivity index (χ0n) is 10.9. The van der Waals surface area contributed by atoms with Gasteiger partial charge in [0.25, 0.3) is 0 Å². The molecular weight excluding hydrogens is 324 g/mol. The summed E-state index contributed by atoms with van der Waals surface area (Å²) in [7, 11) is 1.90. The van der Waals surface area contributed by atoms with E-state index in [4.69, 9.17) is 0 Å². The molecule has 1 aliphatic carbocycles. The fraction of sp³-hybridized carbons (Fsp3) is 0.538. The van der Waals surface area contributed by atoms with E-state index in [0.717, 1.165) is 18.8 Å². The van der Waals surface area contributed by atoms with Crippen LogP contribution in [0.5, 0.6) is 0 Å². The second kappa shape index (κ2) is 5.73. The minimum absolute atomic E-state index is 0.495. The predicted octanol–water partition coefficient (Wildman–Crippen LogP) is 2.85. The lowest BCUT2D eigenvalue weighted by Crippen LogP contribution is -2.26. The van der Waals surface area contributed by atoms with Crippen LogP contribution >= 0.6 is 27.3 Å². The van der Waals surface area contributed by atoms with E-state index in [0.29, 0.717) is 6.04 Å². The molecule has 4 nitrogen and oxygen atoms in total. The summed E-state index contributed by atoms with van der Waals surface area (Å²) in [6, 6.07) is 2.77. The number of nitrogens with zero attached hydrogens (tertiary/aromatic N) is 3. The van der Waals surface area contributed by atoms with Crippen molar-refractivity contribution in [1.82, 2.24) is 20.1 Å². The van der Waals surface area contributed by atoms with Crippen LogP contribution in [-0.2, 0) is 19.9 Å². The molecule has 2 aromatic rings. The summed E-state index contributed by atoms with van der Waals surface area (Å²) in [5.74, 6) is 0.914. The van der Waals surface area contributed by atoms with Gasteiger partial charge in [-0.3, -0.25) is 4.68 Å². The van der Waals surface area contributed by atoms with Gasteiger partial charge in [0.1, 0.15) is 6.33 Å². The van der Waals surface area contributed by atoms with E-state index in [1.165, 1.54) is 33.5 Å². The highest BCUT2D eigenvalue weighted by Gasteiger charge is 2.22. The molecule has 6 heteroatoms. The lowest BCUT2D eigenvalue weighted by Gasteiger charge is -2.23. The molecule has 2 aromatic heterocycles. The number of thiophene rings is 1. The third kappa shape index (κ3) is 3.07. The summed E-state index contributed by atoms with van der Waals surface area (Å²) < 4.78 is 3.00. The number of aryl methyl sites for hydroxylation is 2. The smallest absolute Gasteiger partial charge is 0.151 e. The van der Waals surface area contributed by atoms with E-state index < -0.39 is 0 Å². The first kappa shape index (κ1) is 13.3. The summed E-state index contributed by atoms with van der Waals surface area (Å²) >= 11 is 5.47. The van der Waals surface area contributed by atoms with Crippen LogP contribution in [0.25, 0.3) is 0 Å². The van der Waals surface area contributed by atoms with Gasteiger partial charge in [-0.2, -0.15) is 5.10 Å². The quantitative estimate of drug-likeness (QED) is 0.930. The van der Waals surface area contributed by atoms with Crippen LogP contribution in [0.15, 0.2) is 16.2 Å². The Labute approximate surface area is 125 Å². The Balaban J connectivity index is 1.59. The molecule has 2 heterocycles. The van der Waals surface area contributed by atoms with Crippen molar-refractivity contribution in [3.8, 4) is 0 Å². The highest BCUT2D eigenvalue weighted by atomic mass is 79.9. The first-order valence-corrected chi connectivity index (χ1v) is 8.19. The number of nitrogens with one attached hydrogen (secondary N) is 1. The van der Waals surface area contributed by atoms with Crippen molar-refractivity contribution < 1.29 is 0 Å². The van der Waals surface area contributed by atoms with Gasteiger partial charge in [-0.05, 0) is 46.8 Å². The lowest BCUT2D eigenvalue weighted by atomic mass is 9.94. The number of halogens is 1. The summed E-state index contributed by atoms with van der Waals surface area (Å²) in [6.07, 6.45) is 6.37. The third-order valence-electron chi connectivity index (χ3n) is 3.47. The molecule has 0 aromatic carbocycles. The average Bonchev–Trinajstić information content (AvgIpc) is 2.95. The number of fused-ring (bicyclic) bond motifs is 1. The fourth-order valence-electron chi connectivity index (χ4n) is 2.59. The maximum Gasteiger partial charge on any atom is 0.151 e. The van der Waals surface area contributed by atoms with Gasteiger partial charge in [0.15, 0.2) is 5.82 Å². The Kier molecular flexibility index (Phi) is 4.00. The van der Waals surface area contributed by atoms with Crippen LogP contribution < -0.4 is 5.32 Å². The maximum absolute atomic E-state index is 4.30. The Morgan fingerprint density at radius 2 is 2.47 bits per heavy atom. The van der Waals surface area contributed by atoms with Gasteiger partial charge in [-0.15, -0.1) is 11.3 Å². The topological polar surface area (TPSA) is 42.7 Å². The molecule has 0 aliphatic heterocycles. The summed E-state index contributed by atoms with van der Waals surface area (Å²) in [5.41, 5.74) is 1.48. The first-order chi connectivity index (χ1) is 9.22. The minimum Gasteiger partial charge on any atom is -0.309 e. The van der Waals surface area contributed by atoms with Crippen LogP contribution in [0.3, 0.4) is 0 Å². The molecule has 1 N–H and O–H groups in total. The molecule has 0 amide bonds. The standard InChI is InChI=1S/C13H17BrN4S/c1-18-8-16-13(17-18)5-6-15-10-3-2-4-11-9(10)7-12(14)19-11/h7-8,10,15H,2-6H2,1H3. The molecule has 3 rings (SSSR count). The van der Waals surface area contributed by atoms with E-state index in [1.54, 1.807) is 11.0 Å². The van der Waals surface area contributed by atoms with Gasteiger partial charge in [-0.25, -0.2) is 4.98 Å². The largest absolute Gasteiger partial charge is 0.309 e. The van der Waals surface area contributed by atoms with Crippen LogP contribution in [0.1, 0.15) is 35.1 Å². The Morgan fingerprint density at radius 1 is 1.58 bits per heavy atom. The van der Waals surface area contributed by atoms with Gasteiger partial charge in [0.05, 0.1) is 3.79 Å². The van der Waals surface area contributed by atoms with Crippen LogP contribution in [-0.4, -0.2) is 21.3 Å². The Bertz CT molecular complexity index is 563. The first-order valence-electron chi connectivity index (χ1n) is 6.58. The molecule has 0 saturated heterocycles. The zero-order chi connectivity index (χ0) is 13.2. The van der Waals surface area contributed by atoms with Gasteiger partial charge < -0.3 is 5.32 Å². The SMILES string of the molecule is Cn1cnc(CCNC2CCCc3sc(Br)cc32)n1. The molecule has 0 fully saturated rings.